The first-order valence-electron chi connectivity index (χ1n) is 9.04. The largest absolute Gasteiger partial charge is 0.361 e. The van der Waals surface area contributed by atoms with Crippen molar-refractivity contribution in [2.75, 3.05) is 13.1 Å². The van der Waals surface area contributed by atoms with Crippen LogP contribution in [0.3, 0.4) is 0 Å². The van der Waals surface area contributed by atoms with E-state index in [1.54, 1.807) is 11.0 Å². The summed E-state index contributed by atoms with van der Waals surface area (Å²) in [6, 6.07) is 15.5. The lowest BCUT2D eigenvalue weighted by Gasteiger charge is -2.25. The summed E-state index contributed by atoms with van der Waals surface area (Å²) in [6.07, 6.45) is 3.87. The number of H-pyrrole nitrogens is 1. The molecule has 27 heavy (non-hydrogen) atoms. The lowest BCUT2D eigenvalue weighted by Crippen LogP contribution is -2.33. The van der Waals surface area contributed by atoms with Crippen LogP contribution in [0.15, 0.2) is 67.4 Å². The molecule has 0 radical (unpaired) electrons. The summed E-state index contributed by atoms with van der Waals surface area (Å²) in [5.74, 6) is -0.117. The summed E-state index contributed by atoms with van der Waals surface area (Å²) >= 11 is 0. The van der Waals surface area contributed by atoms with E-state index in [0.29, 0.717) is 18.7 Å². The fourth-order valence-corrected chi connectivity index (χ4v) is 3.75. The van der Waals surface area contributed by atoms with E-state index in [2.05, 4.69) is 22.9 Å². The molecule has 1 aliphatic heterocycles. The topological polar surface area (TPSA) is 65.2 Å². The average molecular weight is 359 g/mol. The van der Waals surface area contributed by atoms with Crippen molar-refractivity contribution in [1.82, 2.24) is 15.2 Å². The highest BCUT2D eigenvalue weighted by Gasteiger charge is 2.38. The molecule has 136 valence electrons. The third kappa shape index (κ3) is 3.01. The number of benzene rings is 2. The van der Waals surface area contributed by atoms with E-state index >= 15 is 0 Å². The van der Waals surface area contributed by atoms with Crippen LogP contribution in [0.25, 0.3) is 10.9 Å². The van der Waals surface area contributed by atoms with Crippen LogP contribution in [0, 0.1) is 0 Å². The highest BCUT2D eigenvalue weighted by molar-refractivity contribution is 6.01. The molecule has 0 aliphatic carbocycles. The maximum atomic E-state index is 13.0. The van der Waals surface area contributed by atoms with Crippen molar-refractivity contribution in [1.29, 1.82) is 0 Å². The Morgan fingerprint density at radius 3 is 2.78 bits per heavy atom. The van der Waals surface area contributed by atoms with Crippen LogP contribution >= 0.6 is 0 Å². The van der Waals surface area contributed by atoms with Crippen molar-refractivity contribution in [2.24, 2.45) is 0 Å². The summed E-state index contributed by atoms with van der Waals surface area (Å²) in [7, 11) is 0. The molecule has 5 heteroatoms. The van der Waals surface area contributed by atoms with Crippen molar-refractivity contribution in [3.63, 3.8) is 0 Å². The molecule has 1 atom stereocenters. The Morgan fingerprint density at radius 2 is 1.93 bits per heavy atom. The molecule has 3 aromatic rings. The number of aromatic amines is 1. The molecule has 2 amide bonds. The smallest absolute Gasteiger partial charge is 0.255 e. The zero-order chi connectivity index (χ0) is 18.8. The molecule has 2 aromatic carbocycles. The predicted octanol–water partition coefficient (Wildman–Crippen LogP) is 3.41. The summed E-state index contributed by atoms with van der Waals surface area (Å²) < 4.78 is 0. The van der Waals surface area contributed by atoms with Crippen LogP contribution in [0.2, 0.25) is 0 Å². The molecule has 2 N–H and O–H groups in total. The summed E-state index contributed by atoms with van der Waals surface area (Å²) in [5, 5.41) is 3.86. The number of nitrogens with one attached hydrogen (secondary N) is 2. The number of carbonyl (C=O) groups is 2. The Bertz CT molecular complexity index is 1020. The van der Waals surface area contributed by atoms with Gasteiger partial charge in [0.25, 0.3) is 5.91 Å². The Morgan fingerprint density at radius 1 is 1.15 bits per heavy atom. The molecule has 1 aromatic heterocycles. The quantitative estimate of drug-likeness (QED) is 0.663. The van der Waals surface area contributed by atoms with Gasteiger partial charge in [-0.1, -0.05) is 42.5 Å². The lowest BCUT2D eigenvalue weighted by atomic mass is 9.97. The predicted molar refractivity (Wildman–Crippen MR) is 105 cm³/mol. The Hall–Kier alpha value is -3.34. The lowest BCUT2D eigenvalue weighted by molar-refractivity contribution is -0.121. The standard InChI is InChI=1S/C22H21N3O2/c1-2-12-23-20(26)11-13-25-21(16-8-3-4-9-17(16)22(25)27)18-14-24-19-10-6-5-7-15(18)19/h2-10,14,21,24H,1,11-13H2,(H,23,26)/t21-/m1/s1. The number of nitrogens with zero attached hydrogens (tertiary/aromatic N) is 1. The van der Waals surface area contributed by atoms with Crippen molar-refractivity contribution in [3.8, 4) is 0 Å². The van der Waals surface area contributed by atoms with Gasteiger partial charge in [-0.05, 0) is 17.7 Å². The highest BCUT2D eigenvalue weighted by Crippen LogP contribution is 2.40. The number of hydrogen-bond acceptors (Lipinski definition) is 2. The fourth-order valence-electron chi connectivity index (χ4n) is 3.75. The number of aromatic nitrogens is 1. The van der Waals surface area contributed by atoms with E-state index in [1.807, 2.05) is 48.7 Å². The first kappa shape index (κ1) is 17.1. The fraction of sp³-hybridized carbons (Fsp3) is 0.182. The van der Waals surface area contributed by atoms with E-state index in [1.165, 1.54) is 0 Å². The summed E-state index contributed by atoms with van der Waals surface area (Å²) in [5.41, 5.74) is 3.78. The van der Waals surface area contributed by atoms with Crippen LogP contribution in [0.5, 0.6) is 0 Å². The van der Waals surface area contributed by atoms with E-state index in [4.69, 9.17) is 0 Å². The zero-order valence-electron chi connectivity index (χ0n) is 14.9. The molecular weight excluding hydrogens is 338 g/mol. The van der Waals surface area contributed by atoms with Gasteiger partial charge >= 0.3 is 0 Å². The first-order chi connectivity index (χ1) is 13.2. The second kappa shape index (κ2) is 7.11. The Kier molecular flexibility index (Phi) is 4.50. The van der Waals surface area contributed by atoms with E-state index in [0.717, 1.165) is 22.0 Å². The van der Waals surface area contributed by atoms with Gasteiger partial charge in [-0.15, -0.1) is 6.58 Å². The minimum absolute atomic E-state index is 0.0302. The van der Waals surface area contributed by atoms with Gasteiger partial charge in [-0.3, -0.25) is 9.59 Å². The van der Waals surface area contributed by atoms with Gasteiger partial charge < -0.3 is 15.2 Å². The number of fused-ring (bicyclic) bond motifs is 2. The first-order valence-corrected chi connectivity index (χ1v) is 9.04. The molecule has 0 bridgehead atoms. The number of para-hydroxylation sites is 1. The van der Waals surface area contributed by atoms with Crippen LogP contribution in [0.4, 0.5) is 0 Å². The molecule has 0 saturated carbocycles. The number of hydrogen-bond donors (Lipinski definition) is 2. The molecule has 0 fully saturated rings. The molecule has 1 aliphatic rings. The average Bonchev–Trinajstić information content (AvgIpc) is 3.24. The maximum Gasteiger partial charge on any atom is 0.255 e. The monoisotopic (exact) mass is 359 g/mol. The van der Waals surface area contributed by atoms with Crippen molar-refractivity contribution in [3.05, 3.63) is 84.1 Å². The molecule has 0 spiro atoms. The normalized spacial score (nSPS) is 15.8. The van der Waals surface area contributed by atoms with E-state index in [9.17, 15) is 9.59 Å². The molecule has 4 rings (SSSR count). The van der Waals surface area contributed by atoms with Crippen LogP contribution < -0.4 is 5.32 Å². The van der Waals surface area contributed by atoms with Gasteiger partial charge in [-0.2, -0.15) is 0 Å². The highest BCUT2D eigenvalue weighted by atomic mass is 16.2. The second-order valence-electron chi connectivity index (χ2n) is 6.62. The number of carbonyl (C=O) groups excluding carboxylic acids is 2. The third-order valence-corrected chi connectivity index (χ3v) is 5.00. The number of amides is 2. The van der Waals surface area contributed by atoms with Gasteiger partial charge in [0.2, 0.25) is 5.91 Å². The second-order valence-corrected chi connectivity index (χ2v) is 6.62. The zero-order valence-corrected chi connectivity index (χ0v) is 14.9. The van der Waals surface area contributed by atoms with Crippen molar-refractivity contribution in [2.45, 2.75) is 12.5 Å². The van der Waals surface area contributed by atoms with Crippen molar-refractivity contribution < 1.29 is 9.59 Å². The molecule has 0 unspecified atom stereocenters. The molecule has 2 heterocycles. The van der Waals surface area contributed by atoms with E-state index < -0.39 is 0 Å². The Balaban J connectivity index is 1.70. The molecule has 5 nitrogen and oxygen atoms in total. The van der Waals surface area contributed by atoms with Gasteiger partial charge in [-0.25, -0.2) is 0 Å². The van der Waals surface area contributed by atoms with Crippen LogP contribution in [-0.2, 0) is 4.79 Å². The minimum Gasteiger partial charge on any atom is -0.361 e. The van der Waals surface area contributed by atoms with E-state index in [-0.39, 0.29) is 24.3 Å². The summed E-state index contributed by atoms with van der Waals surface area (Å²) in [6.45, 7) is 4.39. The molecular formula is C22H21N3O2. The van der Waals surface area contributed by atoms with Gasteiger partial charge in [0.15, 0.2) is 0 Å². The SMILES string of the molecule is C=CCNC(=O)CCN1C(=O)c2ccccc2[C@@H]1c1c[nH]c2ccccc12. The van der Waals surface area contributed by atoms with Crippen LogP contribution in [0.1, 0.15) is 33.9 Å². The minimum atomic E-state index is -0.197. The Labute approximate surface area is 157 Å². The summed E-state index contributed by atoms with van der Waals surface area (Å²) in [4.78, 5) is 30.2. The molecule has 0 saturated heterocycles. The van der Waals surface area contributed by atoms with Gasteiger partial charge in [0.05, 0.1) is 6.04 Å². The van der Waals surface area contributed by atoms with Crippen LogP contribution in [-0.4, -0.2) is 34.8 Å². The van der Waals surface area contributed by atoms with Gasteiger partial charge in [0, 0.05) is 47.7 Å². The third-order valence-electron chi connectivity index (χ3n) is 5.00. The maximum absolute atomic E-state index is 13.0. The van der Waals surface area contributed by atoms with Gasteiger partial charge in [0.1, 0.15) is 0 Å². The van der Waals surface area contributed by atoms with Crippen molar-refractivity contribution >= 4 is 22.7 Å². The number of rotatable bonds is 6.